The third-order valence-corrected chi connectivity index (χ3v) is 4.96. The van der Waals surface area contributed by atoms with Gasteiger partial charge in [0.15, 0.2) is 0 Å². The number of benzene rings is 1. The maximum absolute atomic E-state index is 13.6. The Hall–Kier alpha value is -0.900. The smallest absolute Gasteiger partial charge is 0.254 e. The van der Waals surface area contributed by atoms with E-state index < -0.39 is 5.82 Å². The number of hydrogen-bond acceptors (Lipinski definition) is 1. The lowest BCUT2D eigenvalue weighted by Crippen LogP contribution is -2.38. The van der Waals surface area contributed by atoms with Crippen LogP contribution in [-0.4, -0.2) is 17.8 Å². The predicted molar refractivity (Wildman–Crippen MR) is 80.3 cm³/mol. The van der Waals surface area contributed by atoms with Gasteiger partial charge in [-0.05, 0) is 37.3 Å². The monoisotopic (exact) mass is 329 g/mol. The summed E-state index contributed by atoms with van der Waals surface area (Å²) in [6.07, 6.45) is 1.93. The first-order chi connectivity index (χ1) is 8.98. The van der Waals surface area contributed by atoms with Crippen molar-refractivity contribution in [2.75, 3.05) is 11.9 Å². The van der Waals surface area contributed by atoms with E-state index in [1.165, 1.54) is 6.07 Å². The van der Waals surface area contributed by atoms with Crippen LogP contribution in [0.2, 0.25) is 0 Å². The summed E-state index contributed by atoms with van der Waals surface area (Å²) in [7, 11) is 0. The van der Waals surface area contributed by atoms with Crippen LogP contribution in [0.3, 0.4) is 0 Å². The summed E-state index contributed by atoms with van der Waals surface area (Å²) < 4.78 is 13.6. The van der Waals surface area contributed by atoms with Crippen LogP contribution in [0.15, 0.2) is 18.2 Å². The Morgan fingerprint density at radius 1 is 1.37 bits per heavy atom. The largest absolute Gasteiger partial charge is 0.351 e. The Kier molecular flexibility index (Phi) is 5.98. The van der Waals surface area contributed by atoms with Crippen LogP contribution in [-0.2, 0) is 0 Å². The van der Waals surface area contributed by atoms with Gasteiger partial charge in [0.25, 0.3) is 5.91 Å². The molecule has 4 heteroatoms. The van der Waals surface area contributed by atoms with E-state index in [0.717, 1.165) is 23.7 Å². The zero-order valence-corrected chi connectivity index (χ0v) is 13.3. The second kappa shape index (κ2) is 7.04. The molecule has 0 aliphatic carbocycles. The highest BCUT2D eigenvalue weighted by molar-refractivity contribution is 9.09. The molecule has 1 rings (SSSR count). The van der Waals surface area contributed by atoms with E-state index >= 15 is 0 Å². The van der Waals surface area contributed by atoms with Crippen LogP contribution >= 0.6 is 15.9 Å². The van der Waals surface area contributed by atoms with Gasteiger partial charge in [-0.25, -0.2) is 4.39 Å². The molecule has 0 saturated heterocycles. The van der Waals surface area contributed by atoms with Crippen LogP contribution in [0.25, 0.3) is 0 Å². The molecule has 0 unspecified atom stereocenters. The summed E-state index contributed by atoms with van der Waals surface area (Å²) in [6, 6.07) is 4.58. The molecule has 0 atom stereocenters. The lowest BCUT2D eigenvalue weighted by Gasteiger charge is -2.29. The highest BCUT2D eigenvalue weighted by atomic mass is 79.9. The van der Waals surface area contributed by atoms with Crippen LogP contribution in [0.1, 0.15) is 42.6 Å². The van der Waals surface area contributed by atoms with Crippen molar-refractivity contribution < 1.29 is 9.18 Å². The lowest BCUT2D eigenvalue weighted by molar-refractivity contribution is 0.0928. The Bertz CT molecular complexity index is 436. The second-order valence-corrected chi connectivity index (χ2v) is 5.57. The van der Waals surface area contributed by atoms with Crippen LogP contribution < -0.4 is 5.32 Å². The van der Waals surface area contributed by atoms with Crippen LogP contribution in [0.5, 0.6) is 0 Å². The Morgan fingerprint density at radius 3 is 2.53 bits per heavy atom. The number of aryl methyl sites for hydroxylation is 1. The molecule has 0 fully saturated rings. The van der Waals surface area contributed by atoms with E-state index in [2.05, 4.69) is 35.1 Å². The molecule has 1 amide bonds. The summed E-state index contributed by atoms with van der Waals surface area (Å²) in [4.78, 5) is 12.0. The molecule has 0 aromatic heterocycles. The Morgan fingerprint density at radius 2 is 2.00 bits per heavy atom. The van der Waals surface area contributed by atoms with E-state index in [-0.39, 0.29) is 16.9 Å². The van der Waals surface area contributed by atoms with E-state index in [1.807, 2.05) is 6.92 Å². The molecule has 0 radical (unpaired) electrons. The van der Waals surface area contributed by atoms with Gasteiger partial charge in [0, 0.05) is 11.9 Å². The van der Waals surface area contributed by atoms with Crippen LogP contribution in [0.4, 0.5) is 4.39 Å². The molecule has 0 heterocycles. The highest BCUT2D eigenvalue weighted by Gasteiger charge is 2.26. The van der Waals surface area contributed by atoms with Crippen molar-refractivity contribution in [1.82, 2.24) is 5.32 Å². The minimum atomic E-state index is -0.472. The summed E-state index contributed by atoms with van der Waals surface area (Å²) >= 11 is 3.50. The fourth-order valence-electron chi connectivity index (χ4n) is 1.91. The summed E-state index contributed by atoms with van der Waals surface area (Å²) in [5.74, 6) is -0.811. The van der Waals surface area contributed by atoms with Crippen molar-refractivity contribution in [2.24, 2.45) is 5.41 Å². The van der Waals surface area contributed by atoms with Gasteiger partial charge in [-0.3, -0.25) is 4.79 Å². The average molecular weight is 330 g/mol. The normalized spacial score (nSPS) is 11.4. The summed E-state index contributed by atoms with van der Waals surface area (Å²) in [5.41, 5.74) is 1.04. The predicted octanol–water partition coefficient (Wildman–Crippen LogP) is 4.07. The van der Waals surface area contributed by atoms with Crippen LogP contribution in [0, 0.1) is 18.2 Å². The number of halogens is 2. The van der Waals surface area contributed by atoms with E-state index in [1.54, 1.807) is 12.1 Å². The van der Waals surface area contributed by atoms with Crippen molar-refractivity contribution in [3.63, 3.8) is 0 Å². The topological polar surface area (TPSA) is 29.1 Å². The molecule has 19 heavy (non-hydrogen) atoms. The maximum atomic E-state index is 13.6. The molecule has 2 nitrogen and oxygen atoms in total. The molecular formula is C15H21BrFNO. The van der Waals surface area contributed by atoms with Crippen molar-refractivity contribution >= 4 is 21.8 Å². The van der Waals surface area contributed by atoms with E-state index in [0.29, 0.717) is 6.54 Å². The lowest BCUT2D eigenvalue weighted by atomic mass is 9.84. The number of hydrogen-bond donors (Lipinski definition) is 1. The number of amides is 1. The number of carbonyl (C=O) groups excluding carboxylic acids is 1. The molecule has 0 spiro atoms. The molecule has 0 aliphatic heterocycles. The quantitative estimate of drug-likeness (QED) is 0.783. The molecule has 0 bridgehead atoms. The maximum Gasteiger partial charge on any atom is 0.254 e. The number of alkyl halides is 1. The number of carbonyl (C=O) groups is 1. The van der Waals surface area contributed by atoms with Crippen molar-refractivity contribution in [3.05, 3.63) is 35.1 Å². The number of rotatable bonds is 6. The SMILES string of the molecule is CCC(CC)(CBr)CNC(=O)c1cc(C)ccc1F. The molecule has 1 aromatic carbocycles. The van der Waals surface area contributed by atoms with Gasteiger partial charge >= 0.3 is 0 Å². The molecule has 106 valence electrons. The summed E-state index contributed by atoms with van der Waals surface area (Å²) in [5, 5.41) is 3.67. The first-order valence-corrected chi connectivity index (χ1v) is 7.70. The fraction of sp³-hybridized carbons (Fsp3) is 0.533. The number of nitrogens with one attached hydrogen (secondary N) is 1. The van der Waals surface area contributed by atoms with Gasteiger partial charge in [0.2, 0.25) is 0 Å². The zero-order valence-electron chi connectivity index (χ0n) is 11.7. The van der Waals surface area contributed by atoms with Gasteiger partial charge in [-0.2, -0.15) is 0 Å². The summed E-state index contributed by atoms with van der Waals surface area (Å²) in [6.45, 7) is 6.60. The minimum Gasteiger partial charge on any atom is -0.351 e. The molecule has 0 aliphatic rings. The van der Waals surface area contributed by atoms with Crippen molar-refractivity contribution in [3.8, 4) is 0 Å². The van der Waals surface area contributed by atoms with Gasteiger partial charge in [0.1, 0.15) is 5.82 Å². The highest BCUT2D eigenvalue weighted by Crippen LogP contribution is 2.27. The van der Waals surface area contributed by atoms with Gasteiger partial charge in [0.05, 0.1) is 5.56 Å². The Balaban J connectivity index is 2.77. The van der Waals surface area contributed by atoms with Crippen molar-refractivity contribution in [1.29, 1.82) is 0 Å². The van der Waals surface area contributed by atoms with Gasteiger partial charge in [-0.1, -0.05) is 41.4 Å². The average Bonchev–Trinajstić information content (AvgIpc) is 2.43. The van der Waals surface area contributed by atoms with Crippen molar-refractivity contribution in [2.45, 2.75) is 33.6 Å². The van der Waals surface area contributed by atoms with E-state index in [9.17, 15) is 9.18 Å². The molecule has 1 aromatic rings. The van der Waals surface area contributed by atoms with Gasteiger partial charge in [-0.15, -0.1) is 0 Å². The minimum absolute atomic E-state index is 0.0377. The zero-order chi connectivity index (χ0) is 14.5. The van der Waals surface area contributed by atoms with Gasteiger partial charge < -0.3 is 5.32 Å². The third kappa shape index (κ3) is 4.03. The molecule has 0 saturated carbocycles. The first kappa shape index (κ1) is 16.2. The molecule has 1 N–H and O–H groups in total. The third-order valence-electron chi connectivity index (χ3n) is 3.77. The molecular weight excluding hydrogens is 309 g/mol. The second-order valence-electron chi connectivity index (χ2n) is 5.01. The fourth-order valence-corrected chi connectivity index (χ4v) is 2.90. The van der Waals surface area contributed by atoms with E-state index in [4.69, 9.17) is 0 Å². The Labute approximate surface area is 122 Å². The standard InChI is InChI=1S/C15H21BrFNO/c1-4-15(5-2,9-16)10-18-14(19)12-8-11(3)6-7-13(12)17/h6-8H,4-5,9-10H2,1-3H3,(H,18,19). The first-order valence-electron chi connectivity index (χ1n) is 6.58.